The van der Waals surface area contributed by atoms with Gasteiger partial charge in [-0.05, 0) is 48.9 Å². The van der Waals surface area contributed by atoms with E-state index < -0.39 is 5.91 Å². The molecule has 6 nitrogen and oxygen atoms in total. The Morgan fingerprint density at radius 1 is 1.19 bits per heavy atom. The highest BCUT2D eigenvalue weighted by Crippen LogP contribution is 2.11. The van der Waals surface area contributed by atoms with E-state index >= 15 is 0 Å². The molecule has 0 bridgehead atoms. The second kappa shape index (κ2) is 8.06. The normalized spacial score (nSPS) is 11.2. The highest BCUT2D eigenvalue weighted by atomic mass is 19.1. The molecule has 26 heavy (non-hydrogen) atoms. The summed E-state index contributed by atoms with van der Waals surface area (Å²) in [4.78, 5) is 15.8. The fourth-order valence-corrected chi connectivity index (χ4v) is 2.21. The van der Waals surface area contributed by atoms with E-state index in [9.17, 15) is 9.18 Å². The number of hydrazone groups is 1. The van der Waals surface area contributed by atoms with Crippen LogP contribution in [0.1, 0.15) is 12.5 Å². The third kappa shape index (κ3) is 4.54. The van der Waals surface area contributed by atoms with Gasteiger partial charge >= 0.3 is 0 Å². The minimum absolute atomic E-state index is 0.206. The number of nitrogens with one attached hydrogen (secondary N) is 1. The van der Waals surface area contributed by atoms with Crippen molar-refractivity contribution in [2.24, 2.45) is 5.10 Å². The first-order valence-corrected chi connectivity index (χ1v) is 7.92. The van der Waals surface area contributed by atoms with Crippen molar-refractivity contribution in [3.8, 4) is 11.4 Å². The first kappa shape index (κ1) is 17.3. The Morgan fingerprint density at radius 3 is 2.58 bits per heavy atom. The Bertz CT molecular complexity index is 888. The van der Waals surface area contributed by atoms with Gasteiger partial charge in [-0.15, -0.1) is 0 Å². The molecule has 1 heterocycles. The highest BCUT2D eigenvalue weighted by molar-refractivity contribution is 5.99. The van der Waals surface area contributed by atoms with Crippen LogP contribution in [0.2, 0.25) is 0 Å². The largest absolute Gasteiger partial charge is 0.484 e. The monoisotopic (exact) mass is 352 g/mol. The summed E-state index contributed by atoms with van der Waals surface area (Å²) in [5.74, 6) is -0.345. The lowest BCUT2D eigenvalue weighted by Gasteiger charge is -2.07. The molecule has 3 rings (SSSR count). The van der Waals surface area contributed by atoms with E-state index in [1.54, 1.807) is 19.4 Å². The van der Waals surface area contributed by atoms with Gasteiger partial charge in [0, 0.05) is 18.1 Å². The number of carbonyl (C=O) groups is 1. The molecule has 0 unspecified atom stereocenters. The summed E-state index contributed by atoms with van der Waals surface area (Å²) in [6.45, 7) is 1.59. The molecule has 0 aliphatic carbocycles. The Hall–Kier alpha value is -3.48. The molecule has 0 atom stereocenters. The molecule has 0 saturated heterocycles. The van der Waals surface area contributed by atoms with Crippen LogP contribution in [0.5, 0.6) is 5.75 Å². The average molecular weight is 352 g/mol. The number of rotatable bonds is 6. The van der Waals surface area contributed by atoms with Gasteiger partial charge in [0.2, 0.25) is 0 Å². The number of halogens is 1. The highest BCUT2D eigenvalue weighted by Gasteiger charge is 2.04. The molecule has 7 heteroatoms. The lowest BCUT2D eigenvalue weighted by molar-refractivity contribution is -0.123. The SMILES string of the molecule is C/C(=N\NC(=O)COc1ccc(F)cc1)c1ccc(-n2ccnc2)cc1. The van der Waals surface area contributed by atoms with E-state index in [4.69, 9.17) is 4.74 Å². The Labute approximate surface area is 150 Å². The zero-order valence-electron chi connectivity index (χ0n) is 14.1. The van der Waals surface area contributed by atoms with Crippen LogP contribution >= 0.6 is 0 Å². The molecule has 1 aromatic heterocycles. The van der Waals surface area contributed by atoms with Crippen molar-refractivity contribution >= 4 is 11.6 Å². The number of ether oxygens (including phenoxy) is 1. The van der Waals surface area contributed by atoms with Crippen LogP contribution in [0.25, 0.3) is 5.69 Å². The van der Waals surface area contributed by atoms with Crippen LogP contribution in [0.3, 0.4) is 0 Å². The van der Waals surface area contributed by atoms with E-state index in [1.165, 1.54) is 24.3 Å². The summed E-state index contributed by atoms with van der Waals surface area (Å²) in [5, 5.41) is 4.07. The van der Waals surface area contributed by atoms with Crippen LogP contribution in [0.15, 0.2) is 72.4 Å². The Morgan fingerprint density at radius 2 is 1.92 bits per heavy atom. The van der Waals surface area contributed by atoms with Gasteiger partial charge in [-0.2, -0.15) is 5.10 Å². The molecule has 1 amide bonds. The van der Waals surface area contributed by atoms with Crippen molar-refractivity contribution in [2.45, 2.75) is 6.92 Å². The molecule has 2 aromatic carbocycles. The third-order valence-electron chi connectivity index (χ3n) is 3.62. The number of benzene rings is 2. The summed E-state index contributed by atoms with van der Waals surface area (Å²) < 4.78 is 20.0. The van der Waals surface area contributed by atoms with Crippen molar-refractivity contribution in [3.05, 3.63) is 78.6 Å². The third-order valence-corrected chi connectivity index (χ3v) is 3.62. The van der Waals surface area contributed by atoms with Crippen LogP contribution in [0.4, 0.5) is 4.39 Å². The number of amides is 1. The number of aromatic nitrogens is 2. The van der Waals surface area contributed by atoms with Crippen molar-refractivity contribution in [1.82, 2.24) is 15.0 Å². The summed E-state index contributed by atoms with van der Waals surface area (Å²) in [6.07, 6.45) is 5.29. The topological polar surface area (TPSA) is 68.5 Å². The molecular formula is C19H17FN4O2. The van der Waals surface area contributed by atoms with Gasteiger partial charge in [-0.25, -0.2) is 14.8 Å². The van der Waals surface area contributed by atoms with Crippen molar-refractivity contribution in [1.29, 1.82) is 0 Å². The molecule has 3 aromatic rings. The molecule has 132 valence electrons. The lowest BCUT2D eigenvalue weighted by Crippen LogP contribution is -2.25. The van der Waals surface area contributed by atoms with Crippen LogP contribution in [0, 0.1) is 5.82 Å². The fraction of sp³-hybridized carbons (Fsp3) is 0.105. The van der Waals surface area contributed by atoms with Gasteiger partial charge < -0.3 is 9.30 Å². The van der Waals surface area contributed by atoms with Gasteiger partial charge in [0.25, 0.3) is 5.91 Å². The van der Waals surface area contributed by atoms with Gasteiger partial charge in [-0.1, -0.05) is 12.1 Å². The van der Waals surface area contributed by atoms with Crippen LogP contribution < -0.4 is 10.2 Å². The molecular weight excluding hydrogens is 335 g/mol. The predicted molar refractivity (Wildman–Crippen MR) is 95.8 cm³/mol. The smallest absolute Gasteiger partial charge is 0.277 e. The number of carbonyl (C=O) groups excluding carboxylic acids is 1. The van der Waals surface area contributed by atoms with E-state index in [1.807, 2.05) is 35.0 Å². The van der Waals surface area contributed by atoms with Gasteiger partial charge in [0.05, 0.1) is 12.0 Å². The molecule has 1 N–H and O–H groups in total. The van der Waals surface area contributed by atoms with Crippen LogP contribution in [-0.4, -0.2) is 27.8 Å². The summed E-state index contributed by atoms with van der Waals surface area (Å²) >= 11 is 0. The van der Waals surface area contributed by atoms with Gasteiger partial charge in [0.1, 0.15) is 11.6 Å². The Kier molecular flexibility index (Phi) is 5.38. The maximum absolute atomic E-state index is 12.8. The zero-order valence-corrected chi connectivity index (χ0v) is 14.1. The second-order valence-corrected chi connectivity index (χ2v) is 5.49. The Balaban J connectivity index is 1.54. The van der Waals surface area contributed by atoms with Gasteiger partial charge in [-0.3, -0.25) is 4.79 Å². The minimum Gasteiger partial charge on any atom is -0.484 e. The maximum Gasteiger partial charge on any atom is 0.277 e. The molecule has 0 radical (unpaired) electrons. The predicted octanol–water partition coefficient (Wildman–Crippen LogP) is 2.93. The van der Waals surface area contributed by atoms with Gasteiger partial charge in [0.15, 0.2) is 6.61 Å². The van der Waals surface area contributed by atoms with E-state index in [0.717, 1.165) is 11.3 Å². The minimum atomic E-state index is -0.399. The molecule has 0 saturated carbocycles. The molecule has 0 spiro atoms. The molecule has 0 aliphatic rings. The number of hydrogen-bond acceptors (Lipinski definition) is 4. The summed E-state index contributed by atoms with van der Waals surface area (Å²) in [5.41, 5.74) is 4.97. The summed E-state index contributed by atoms with van der Waals surface area (Å²) in [6, 6.07) is 13.2. The molecule has 0 aliphatic heterocycles. The standard InChI is InChI=1S/C19H17FN4O2/c1-14(15-2-6-17(7-3-15)24-11-10-21-13-24)22-23-19(25)12-26-18-8-4-16(20)5-9-18/h2-11,13H,12H2,1H3,(H,23,25)/b22-14+. The number of imidazole rings is 1. The van der Waals surface area contributed by atoms with E-state index in [2.05, 4.69) is 15.5 Å². The van der Waals surface area contributed by atoms with E-state index in [-0.39, 0.29) is 12.4 Å². The van der Waals surface area contributed by atoms with Crippen molar-refractivity contribution in [2.75, 3.05) is 6.61 Å². The maximum atomic E-state index is 12.8. The van der Waals surface area contributed by atoms with E-state index in [0.29, 0.717) is 11.5 Å². The first-order chi connectivity index (χ1) is 12.6. The van der Waals surface area contributed by atoms with Crippen molar-refractivity contribution in [3.63, 3.8) is 0 Å². The lowest BCUT2D eigenvalue weighted by atomic mass is 10.1. The van der Waals surface area contributed by atoms with Crippen LogP contribution in [-0.2, 0) is 4.79 Å². The fourth-order valence-electron chi connectivity index (χ4n) is 2.21. The number of hydrogen-bond donors (Lipinski definition) is 1. The second-order valence-electron chi connectivity index (χ2n) is 5.49. The number of nitrogens with zero attached hydrogens (tertiary/aromatic N) is 3. The zero-order chi connectivity index (χ0) is 18.4. The molecule has 0 fully saturated rings. The quantitative estimate of drug-likeness (QED) is 0.548. The summed E-state index contributed by atoms with van der Waals surface area (Å²) in [7, 11) is 0. The van der Waals surface area contributed by atoms with Crippen molar-refractivity contribution < 1.29 is 13.9 Å². The average Bonchev–Trinajstić information content (AvgIpc) is 3.20. The first-order valence-electron chi connectivity index (χ1n) is 7.92.